The number of carboxylic acid groups (broad SMARTS) is 1. The summed E-state index contributed by atoms with van der Waals surface area (Å²) >= 11 is 0. The van der Waals surface area contributed by atoms with Crippen molar-refractivity contribution in [2.75, 3.05) is 18.1 Å². The third-order valence-corrected chi connectivity index (χ3v) is 4.21. The van der Waals surface area contributed by atoms with E-state index in [4.69, 9.17) is 5.73 Å². The minimum absolute atomic E-state index is 0.400. The Kier molecular flexibility index (Phi) is 4.62. The monoisotopic (exact) mass is 408 g/mol. The van der Waals surface area contributed by atoms with Gasteiger partial charge in [-0.05, 0) is 6.07 Å². The van der Waals surface area contributed by atoms with Gasteiger partial charge in [-0.15, -0.1) is 0 Å². The number of nitro groups is 1. The number of nitrogens with two attached hydrogens (primary N) is 1. The lowest BCUT2D eigenvalue weighted by Crippen LogP contribution is -2.20. The van der Waals surface area contributed by atoms with E-state index < -0.39 is 73.0 Å². The summed E-state index contributed by atoms with van der Waals surface area (Å²) in [6, 6.07) is 1.86. The molecule has 3 rings (SSSR count). The summed E-state index contributed by atoms with van der Waals surface area (Å²) in [7, 11) is 1.18. The molecule has 0 radical (unpaired) electrons. The first-order chi connectivity index (χ1) is 13.6. The van der Waals surface area contributed by atoms with Crippen molar-refractivity contribution in [3.8, 4) is 5.69 Å². The molecule has 29 heavy (non-hydrogen) atoms. The van der Waals surface area contributed by atoms with E-state index in [2.05, 4.69) is 5.32 Å². The normalized spacial score (nSPS) is 10.9. The first-order valence-corrected chi connectivity index (χ1v) is 7.80. The topological polar surface area (TPSA) is 140 Å². The Balaban J connectivity index is 2.62. The van der Waals surface area contributed by atoms with Crippen molar-refractivity contribution in [3.05, 3.63) is 67.7 Å². The van der Waals surface area contributed by atoms with E-state index in [9.17, 15) is 33.6 Å². The van der Waals surface area contributed by atoms with Gasteiger partial charge < -0.3 is 20.7 Å². The van der Waals surface area contributed by atoms with Crippen LogP contribution in [0.5, 0.6) is 0 Å². The maximum Gasteiger partial charge on any atom is 0.341 e. The standard InChI is InChI=1S/C17H11F3N4O5/c1-22-14-12(24(28)29)2-6-15(13(14)20)23(5-7(16(6)25)17(26)27)11-4-10(21)8(18)3-9(11)19/h2-5,22H,21H2,1H3,(H,26,27). The summed E-state index contributed by atoms with van der Waals surface area (Å²) in [5, 5.41) is 22.1. The van der Waals surface area contributed by atoms with Crippen LogP contribution in [0, 0.1) is 27.6 Å². The van der Waals surface area contributed by atoms with E-state index in [1.54, 1.807) is 0 Å². The fourth-order valence-electron chi connectivity index (χ4n) is 2.89. The lowest BCUT2D eigenvalue weighted by molar-refractivity contribution is -0.383. The molecule has 150 valence electrons. The average Bonchev–Trinajstić information content (AvgIpc) is 2.64. The van der Waals surface area contributed by atoms with Crippen molar-refractivity contribution < 1.29 is 28.0 Å². The van der Waals surface area contributed by atoms with Gasteiger partial charge in [-0.3, -0.25) is 14.9 Å². The predicted octanol–water partition coefficient (Wildman–Crippen LogP) is 2.64. The highest BCUT2D eigenvalue weighted by atomic mass is 19.1. The van der Waals surface area contributed by atoms with E-state index in [1.165, 1.54) is 7.05 Å². The number of fused-ring (bicyclic) bond motifs is 1. The first kappa shape index (κ1) is 19.7. The second-order valence-corrected chi connectivity index (χ2v) is 5.86. The number of rotatable bonds is 4. The molecule has 4 N–H and O–H groups in total. The summed E-state index contributed by atoms with van der Waals surface area (Å²) in [5.41, 5.74) is 0.108. The number of hydrogen-bond donors (Lipinski definition) is 3. The number of carbonyl (C=O) groups is 1. The van der Waals surface area contributed by atoms with Crippen LogP contribution in [-0.4, -0.2) is 27.6 Å². The van der Waals surface area contributed by atoms with E-state index in [0.29, 0.717) is 22.9 Å². The summed E-state index contributed by atoms with van der Waals surface area (Å²) in [6.45, 7) is 0. The van der Waals surface area contributed by atoms with Crippen molar-refractivity contribution >= 4 is 33.9 Å². The van der Waals surface area contributed by atoms with Gasteiger partial charge in [0.15, 0.2) is 11.5 Å². The van der Waals surface area contributed by atoms with Crippen LogP contribution in [0.1, 0.15) is 10.4 Å². The number of anilines is 2. The number of benzene rings is 2. The molecule has 2 aromatic carbocycles. The van der Waals surface area contributed by atoms with Crippen molar-refractivity contribution in [3.63, 3.8) is 0 Å². The fraction of sp³-hybridized carbons (Fsp3) is 0.0588. The van der Waals surface area contributed by atoms with Crippen LogP contribution in [0.15, 0.2) is 29.2 Å². The van der Waals surface area contributed by atoms with E-state index in [0.717, 1.165) is 6.07 Å². The molecule has 12 heteroatoms. The molecule has 0 saturated heterocycles. The van der Waals surface area contributed by atoms with Gasteiger partial charge in [0.2, 0.25) is 5.43 Å². The number of pyridine rings is 1. The number of nitrogens with zero attached hydrogens (tertiary/aromatic N) is 2. The lowest BCUT2D eigenvalue weighted by atomic mass is 10.1. The molecule has 0 aliphatic carbocycles. The van der Waals surface area contributed by atoms with E-state index in [-0.39, 0.29) is 0 Å². The molecular formula is C17H11F3N4O5. The lowest BCUT2D eigenvalue weighted by Gasteiger charge is -2.16. The summed E-state index contributed by atoms with van der Waals surface area (Å²) in [6.07, 6.45) is 0.636. The Morgan fingerprint density at radius 1 is 1.24 bits per heavy atom. The fourth-order valence-corrected chi connectivity index (χ4v) is 2.89. The Hall–Kier alpha value is -4.09. The Morgan fingerprint density at radius 2 is 1.90 bits per heavy atom. The maximum absolute atomic E-state index is 15.2. The van der Waals surface area contributed by atoms with Gasteiger partial charge >= 0.3 is 5.97 Å². The van der Waals surface area contributed by atoms with Crippen LogP contribution in [0.2, 0.25) is 0 Å². The van der Waals surface area contributed by atoms with Gasteiger partial charge in [0, 0.05) is 25.4 Å². The van der Waals surface area contributed by atoms with Gasteiger partial charge in [0.05, 0.1) is 27.2 Å². The molecule has 0 spiro atoms. The SMILES string of the molecule is CNc1c([N+](=O)[O-])cc2c(=O)c(C(=O)O)cn(-c3cc(N)c(F)cc3F)c2c1F. The van der Waals surface area contributed by atoms with Crippen molar-refractivity contribution in [1.29, 1.82) is 0 Å². The molecule has 0 bridgehead atoms. The second-order valence-electron chi connectivity index (χ2n) is 5.86. The molecule has 0 unspecified atom stereocenters. The van der Waals surface area contributed by atoms with Crippen LogP contribution < -0.4 is 16.5 Å². The van der Waals surface area contributed by atoms with Gasteiger partial charge in [-0.2, -0.15) is 0 Å². The second kappa shape index (κ2) is 6.82. The number of carboxylic acids is 1. The molecule has 0 aliphatic rings. The summed E-state index contributed by atoms with van der Waals surface area (Å²) < 4.78 is 43.7. The first-order valence-electron chi connectivity index (χ1n) is 7.80. The van der Waals surface area contributed by atoms with Gasteiger partial charge in [0.25, 0.3) is 5.69 Å². The molecular weight excluding hydrogens is 397 g/mol. The number of aromatic carboxylic acids is 1. The van der Waals surface area contributed by atoms with Crippen molar-refractivity contribution in [2.24, 2.45) is 0 Å². The Labute approximate surface area is 158 Å². The smallest absolute Gasteiger partial charge is 0.341 e. The van der Waals surface area contributed by atoms with Gasteiger partial charge in [-0.1, -0.05) is 0 Å². The van der Waals surface area contributed by atoms with Gasteiger partial charge in [-0.25, -0.2) is 18.0 Å². The Bertz CT molecular complexity index is 1270. The number of nitro benzene ring substituents is 1. The molecule has 1 heterocycles. The quantitative estimate of drug-likeness (QED) is 0.342. The molecule has 0 aliphatic heterocycles. The number of aromatic nitrogens is 1. The molecule has 1 aromatic heterocycles. The number of halogens is 3. The molecule has 3 aromatic rings. The summed E-state index contributed by atoms with van der Waals surface area (Å²) in [4.78, 5) is 34.2. The largest absolute Gasteiger partial charge is 0.477 e. The number of hydrogen-bond acceptors (Lipinski definition) is 6. The zero-order valence-electron chi connectivity index (χ0n) is 14.5. The van der Waals surface area contributed by atoms with Crippen molar-refractivity contribution in [1.82, 2.24) is 4.57 Å². The van der Waals surface area contributed by atoms with Crippen LogP contribution in [0.25, 0.3) is 16.6 Å². The zero-order chi connectivity index (χ0) is 21.6. The van der Waals surface area contributed by atoms with Gasteiger partial charge in [0.1, 0.15) is 17.2 Å². The maximum atomic E-state index is 15.2. The molecule has 9 nitrogen and oxygen atoms in total. The Morgan fingerprint density at radius 3 is 2.45 bits per heavy atom. The third kappa shape index (κ3) is 2.99. The highest BCUT2D eigenvalue weighted by molar-refractivity contribution is 5.96. The van der Waals surface area contributed by atoms with Crippen LogP contribution in [0.4, 0.5) is 30.2 Å². The predicted molar refractivity (Wildman–Crippen MR) is 97.0 cm³/mol. The molecule has 0 amide bonds. The molecule has 0 fully saturated rings. The number of nitrogen functional groups attached to an aromatic ring is 1. The van der Waals surface area contributed by atoms with Crippen molar-refractivity contribution in [2.45, 2.75) is 0 Å². The van der Waals surface area contributed by atoms with Crippen LogP contribution in [-0.2, 0) is 0 Å². The molecule has 0 atom stereocenters. The average molecular weight is 408 g/mol. The minimum Gasteiger partial charge on any atom is -0.477 e. The minimum atomic E-state index is -1.73. The number of nitrogens with one attached hydrogen (secondary N) is 1. The van der Waals surface area contributed by atoms with Crippen LogP contribution >= 0.6 is 0 Å². The third-order valence-electron chi connectivity index (χ3n) is 4.21. The zero-order valence-corrected chi connectivity index (χ0v) is 14.5. The molecule has 0 saturated carbocycles. The summed E-state index contributed by atoms with van der Waals surface area (Å²) in [5.74, 6) is -5.39. The van der Waals surface area contributed by atoms with Crippen LogP contribution in [0.3, 0.4) is 0 Å². The van der Waals surface area contributed by atoms with E-state index >= 15 is 4.39 Å². The van der Waals surface area contributed by atoms with E-state index in [1.807, 2.05) is 0 Å². The highest BCUT2D eigenvalue weighted by Crippen LogP contribution is 2.34. The highest BCUT2D eigenvalue weighted by Gasteiger charge is 2.27.